The smallest absolute Gasteiger partial charge is 0.259 e. The fourth-order valence-corrected chi connectivity index (χ4v) is 5.25. The number of Topliss-reactive ketones (excluding diaryl/α,β-unsaturated/α-hetero) is 1. The van der Waals surface area contributed by atoms with Crippen LogP contribution in [0.5, 0.6) is 5.75 Å². The van der Waals surface area contributed by atoms with Crippen molar-refractivity contribution < 1.29 is 14.3 Å². The fourth-order valence-electron chi connectivity index (χ4n) is 5.25. The topological polar surface area (TPSA) is 58.6 Å². The van der Waals surface area contributed by atoms with Crippen LogP contribution >= 0.6 is 0 Å². The van der Waals surface area contributed by atoms with Crippen molar-refractivity contribution in [1.29, 1.82) is 0 Å². The Kier molecular flexibility index (Phi) is 6.17. The van der Waals surface area contributed by atoms with Gasteiger partial charge in [0.1, 0.15) is 5.75 Å². The van der Waals surface area contributed by atoms with Crippen LogP contribution in [0.2, 0.25) is 0 Å². The highest BCUT2D eigenvalue weighted by Crippen LogP contribution is 2.48. The molecule has 0 radical (unpaired) electrons. The molecule has 0 spiro atoms. The number of allylic oxidation sites excluding steroid dienone is 1. The lowest BCUT2D eigenvalue weighted by Gasteiger charge is -2.37. The molecule has 3 aromatic rings. The summed E-state index contributed by atoms with van der Waals surface area (Å²) in [4.78, 5) is 29.7. The number of carbonyl (C=O) groups is 2. The van der Waals surface area contributed by atoms with E-state index in [9.17, 15) is 9.59 Å². The van der Waals surface area contributed by atoms with Gasteiger partial charge in [-0.1, -0.05) is 56.3 Å². The highest BCUT2D eigenvalue weighted by Gasteiger charge is 2.43. The zero-order chi connectivity index (χ0) is 25.4. The Hall–Kier alpha value is -3.86. The third kappa shape index (κ3) is 4.53. The molecule has 2 aliphatic rings. The zero-order valence-corrected chi connectivity index (χ0v) is 21.2. The van der Waals surface area contributed by atoms with Crippen molar-refractivity contribution in [1.82, 2.24) is 0 Å². The number of hydrogen-bond acceptors (Lipinski definition) is 4. The summed E-state index contributed by atoms with van der Waals surface area (Å²) in [5.74, 6) is 0.677. The molecule has 0 aromatic heterocycles. The van der Waals surface area contributed by atoms with E-state index in [0.29, 0.717) is 17.6 Å². The SMILES string of the molecule is CC(C)Oc1ccc([C@H]2C3=C(CC(C)(C)CC3=O)Nc3ccccc3N2C(=O)c2ccccc2)cc1. The molecule has 5 nitrogen and oxygen atoms in total. The Bertz CT molecular complexity index is 1320. The lowest BCUT2D eigenvalue weighted by Crippen LogP contribution is -2.39. The van der Waals surface area contributed by atoms with E-state index in [1.54, 1.807) is 4.90 Å². The highest BCUT2D eigenvalue weighted by molar-refractivity contribution is 6.12. The van der Waals surface area contributed by atoms with Crippen LogP contribution in [0.25, 0.3) is 0 Å². The van der Waals surface area contributed by atoms with E-state index in [0.717, 1.165) is 34.8 Å². The number of carbonyl (C=O) groups excluding carboxylic acids is 2. The van der Waals surface area contributed by atoms with E-state index in [1.807, 2.05) is 92.7 Å². The van der Waals surface area contributed by atoms with Gasteiger partial charge in [0.2, 0.25) is 0 Å². The quantitative estimate of drug-likeness (QED) is 0.440. The second kappa shape index (κ2) is 9.30. The van der Waals surface area contributed by atoms with E-state index in [4.69, 9.17) is 4.74 Å². The molecule has 5 rings (SSSR count). The minimum absolute atomic E-state index is 0.0532. The summed E-state index contributed by atoms with van der Waals surface area (Å²) in [5.41, 5.74) is 4.39. The van der Waals surface area contributed by atoms with Gasteiger partial charge in [0.25, 0.3) is 5.91 Å². The third-order valence-corrected chi connectivity index (χ3v) is 6.71. The minimum Gasteiger partial charge on any atom is -0.491 e. The van der Waals surface area contributed by atoms with E-state index in [2.05, 4.69) is 19.2 Å². The lowest BCUT2D eigenvalue weighted by molar-refractivity contribution is -0.118. The van der Waals surface area contributed by atoms with Gasteiger partial charge in [-0.15, -0.1) is 0 Å². The van der Waals surface area contributed by atoms with Crippen molar-refractivity contribution in [3.05, 3.63) is 101 Å². The molecular formula is C31H32N2O3. The second-order valence-corrected chi connectivity index (χ2v) is 10.7. The van der Waals surface area contributed by atoms with Gasteiger partial charge in [0, 0.05) is 23.3 Å². The monoisotopic (exact) mass is 480 g/mol. The molecule has 0 saturated carbocycles. The van der Waals surface area contributed by atoms with Crippen LogP contribution in [0.1, 0.15) is 62.5 Å². The molecule has 0 bridgehead atoms. The maximum Gasteiger partial charge on any atom is 0.259 e. The molecule has 1 N–H and O–H groups in total. The molecule has 184 valence electrons. The van der Waals surface area contributed by atoms with Crippen LogP contribution in [0.4, 0.5) is 11.4 Å². The van der Waals surface area contributed by atoms with Crippen molar-refractivity contribution >= 4 is 23.1 Å². The van der Waals surface area contributed by atoms with Gasteiger partial charge < -0.3 is 10.1 Å². The van der Waals surface area contributed by atoms with E-state index < -0.39 is 6.04 Å². The summed E-state index contributed by atoms with van der Waals surface area (Å²) in [6.45, 7) is 8.21. The van der Waals surface area contributed by atoms with Gasteiger partial charge in [-0.2, -0.15) is 0 Å². The maximum absolute atomic E-state index is 14.2. The number of rotatable bonds is 4. The summed E-state index contributed by atoms with van der Waals surface area (Å²) < 4.78 is 5.86. The van der Waals surface area contributed by atoms with Crippen molar-refractivity contribution in [3.8, 4) is 5.75 Å². The Morgan fingerprint density at radius 1 is 0.944 bits per heavy atom. The first-order valence-corrected chi connectivity index (χ1v) is 12.5. The van der Waals surface area contributed by atoms with Crippen molar-refractivity contribution in [2.24, 2.45) is 5.41 Å². The second-order valence-electron chi connectivity index (χ2n) is 10.7. The molecule has 0 saturated heterocycles. The number of nitrogens with zero attached hydrogens (tertiary/aromatic N) is 1. The van der Waals surface area contributed by atoms with Gasteiger partial charge in [-0.25, -0.2) is 0 Å². The van der Waals surface area contributed by atoms with Gasteiger partial charge in [0.15, 0.2) is 5.78 Å². The average molecular weight is 481 g/mol. The van der Waals surface area contributed by atoms with Crippen LogP contribution in [-0.4, -0.2) is 17.8 Å². The normalized spacial score (nSPS) is 18.8. The van der Waals surface area contributed by atoms with Crippen LogP contribution in [-0.2, 0) is 4.79 Å². The highest BCUT2D eigenvalue weighted by atomic mass is 16.5. The van der Waals surface area contributed by atoms with Gasteiger partial charge in [-0.3, -0.25) is 14.5 Å². The third-order valence-electron chi connectivity index (χ3n) is 6.71. The number of anilines is 2. The first kappa shape index (κ1) is 23.9. The predicted molar refractivity (Wildman–Crippen MR) is 143 cm³/mol. The van der Waals surface area contributed by atoms with Gasteiger partial charge in [-0.05, 0) is 67.6 Å². The number of benzene rings is 3. The van der Waals surface area contributed by atoms with Crippen molar-refractivity contribution in [3.63, 3.8) is 0 Å². The average Bonchev–Trinajstić information content (AvgIpc) is 2.98. The standard InChI is InChI=1S/C31H32N2O3/c1-20(2)36-23-16-14-21(15-17-23)29-28-25(18-31(3,4)19-27(28)34)32-24-12-8-9-13-26(24)33(29)30(35)22-10-6-5-7-11-22/h5-17,20,29,32H,18-19H2,1-4H3/t29-/m0/s1. The number of ether oxygens (including phenoxy) is 1. The first-order valence-electron chi connectivity index (χ1n) is 12.5. The Morgan fingerprint density at radius 3 is 2.31 bits per heavy atom. The van der Waals surface area contributed by atoms with E-state index >= 15 is 0 Å². The van der Waals surface area contributed by atoms with Gasteiger partial charge in [0.05, 0.1) is 23.5 Å². The number of nitrogens with one attached hydrogen (secondary N) is 1. The summed E-state index contributed by atoms with van der Waals surface area (Å²) in [6.07, 6.45) is 1.21. The number of fused-ring (bicyclic) bond motifs is 1. The Balaban J connectivity index is 1.74. The van der Waals surface area contributed by atoms with Crippen LogP contribution in [0.15, 0.2) is 90.1 Å². The van der Waals surface area contributed by atoms with Crippen LogP contribution in [0.3, 0.4) is 0 Å². The Labute approximate surface area is 212 Å². The molecule has 1 atom stereocenters. The summed E-state index contributed by atoms with van der Waals surface area (Å²) in [5, 5.41) is 3.56. The molecule has 0 fully saturated rings. The van der Waals surface area contributed by atoms with Gasteiger partial charge >= 0.3 is 0 Å². The van der Waals surface area contributed by atoms with E-state index in [-0.39, 0.29) is 23.2 Å². The minimum atomic E-state index is -0.569. The molecule has 1 heterocycles. The van der Waals surface area contributed by atoms with Crippen molar-refractivity contribution in [2.75, 3.05) is 10.2 Å². The molecule has 1 amide bonds. The Morgan fingerprint density at radius 2 is 1.61 bits per heavy atom. The fraction of sp³-hybridized carbons (Fsp3) is 0.290. The number of amides is 1. The maximum atomic E-state index is 14.2. The largest absolute Gasteiger partial charge is 0.491 e. The summed E-state index contributed by atoms with van der Waals surface area (Å²) in [6, 6.07) is 24.3. The predicted octanol–water partition coefficient (Wildman–Crippen LogP) is 6.93. The van der Waals surface area contributed by atoms with Crippen molar-refractivity contribution in [2.45, 2.75) is 52.7 Å². The summed E-state index contributed by atoms with van der Waals surface area (Å²) >= 11 is 0. The molecule has 1 aliphatic carbocycles. The van der Waals surface area contributed by atoms with E-state index in [1.165, 1.54) is 0 Å². The zero-order valence-electron chi connectivity index (χ0n) is 21.2. The molecule has 36 heavy (non-hydrogen) atoms. The number of para-hydroxylation sites is 2. The summed E-state index contributed by atoms with van der Waals surface area (Å²) in [7, 11) is 0. The number of ketones is 1. The number of hydrogen-bond donors (Lipinski definition) is 1. The molecule has 1 aliphatic heterocycles. The molecular weight excluding hydrogens is 448 g/mol. The van der Waals surface area contributed by atoms with Crippen LogP contribution < -0.4 is 15.0 Å². The first-order chi connectivity index (χ1) is 17.2. The molecule has 5 heteroatoms. The van der Waals surface area contributed by atoms with Crippen LogP contribution in [0, 0.1) is 5.41 Å². The molecule has 3 aromatic carbocycles. The lowest BCUT2D eigenvalue weighted by atomic mass is 9.73. The molecule has 0 unspecified atom stereocenters.